The Hall–Kier alpha value is -1.06. The van der Waals surface area contributed by atoms with Crippen molar-refractivity contribution in [3.8, 4) is 0 Å². The molecular weight excluding hydrogens is 190 g/mol. The van der Waals surface area contributed by atoms with Gasteiger partial charge in [-0.25, -0.2) is 0 Å². The molecule has 0 bridgehead atoms. The Kier molecular flexibility index (Phi) is 2.93. The number of para-hydroxylation sites is 1. The van der Waals surface area contributed by atoms with Gasteiger partial charge in [-0.3, -0.25) is 0 Å². The highest BCUT2D eigenvalue weighted by Crippen LogP contribution is 2.28. The molecule has 1 heterocycles. The molecule has 1 aliphatic rings. The molecule has 0 saturated carbocycles. The largest absolute Gasteiger partial charge is 0.391 e. The van der Waals surface area contributed by atoms with Crippen LogP contribution in [0.25, 0.3) is 0 Å². The van der Waals surface area contributed by atoms with Gasteiger partial charge in [0.15, 0.2) is 0 Å². The molecule has 0 aromatic heterocycles. The second-order valence-electron chi connectivity index (χ2n) is 4.12. The first-order valence-electron chi connectivity index (χ1n) is 5.38. The van der Waals surface area contributed by atoms with Crippen LogP contribution in [-0.4, -0.2) is 29.4 Å². The van der Waals surface area contributed by atoms with Crippen LogP contribution in [0.15, 0.2) is 24.3 Å². The van der Waals surface area contributed by atoms with Gasteiger partial charge in [-0.05, 0) is 19.4 Å². The van der Waals surface area contributed by atoms with Crippen LogP contribution in [0.2, 0.25) is 0 Å². The molecule has 0 radical (unpaired) electrons. The maximum Gasteiger partial charge on any atom is 0.0781 e. The van der Waals surface area contributed by atoms with E-state index < -0.39 is 6.10 Å². The minimum Gasteiger partial charge on any atom is -0.391 e. The van der Waals surface area contributed by atoms with Gasteiger partial charge in [0.25, 0.3) is 0 Å². The molecule has 1 unspecified atom stereocenters. The van der Waals surface area contributed by atoms with Crippen LogP contribution in [0, 0.1) is 0 Å². The van der Waals surface area contributed by atoms with Crippen LogP contribution < -0.4 is 4.90 Å². The summed E-state index contributed by atoms with van der Waals surface area (Å²) in [6.45, 7) is 3.31. The number of rotatable bonds is 2. The summed E-state index contributed by atoms with van der Waals surface area (Å²) in [6.07, 6.45) is 0.125. The Balaban J connectivity index is 2.27. The average Bonchev–Trinajstić information content (AvgIpc) is 2.65. The van der Waals surface area contributed by atoms with Crippen molar-refractivity contribution in [1.82, 2.24) is 0 Å². The molecule has 0 spiro atoms. The maximum absolute atomic E-state index is 9.64. The highest BCUT2D eigenvalue weighted by molar-refractivity contribution is 5.55. The van der Waals surface area contributed by atoms with Gasteiger partial charge >= 0.3 is 0 Å². The molecular formula is C12H17NO2. The van der Waals surface area contributed by atoms with E-state index in [4.69, 9.17) is 0 Å². The van der Waals surface area contributed by atoms with Crippen molar-refractivity contribution in [3.05, 3.63) is 29.8 Å². The van der Waals surface area contributed by atoms with Crippen LogP contribution in [-0.2, 0) is 0 Å². The summed E-state index contributed by atoms with van der Waals surface area (Å²) in [5, 5.41) is 19.1. The minimum absolute atomic E-state index is 0.230. The van der Waals surface area contributed by atoms with Crippen LogP contribution >= 0.6 is 0 Å². The standard InChI is InChI=1S/C12H17NO2/c1-9(14)11-4-2-3-5-12(11)13-7-6-10(15)8-13/h2-5,9-10,14-15H,6-8H2,1H3/t9-,10?/m0/s1. The second-order valence-corrected chi connectivity index (χ2v) is 4.12. The Bertz CT molecular complexity index is 338. The Morgan fingerprint density at radius 3 is 2.73 bits per heavy atom. The molecule has 2 atom stereocenters. The third-order valence-corrected chi connectivity index (χ3v) is 2.89. The Morgan fingerprint density at radius 2 is 2.13 bits per heavy atom. The summed E-state index contributed by atoms with van der Waals surface area (Å²) < 4.78 is 0. The van der Waals surface area contributed by atoms with Gasteiger partial charge in [0.2, 0.25) is 0 Å². The van der Waals surface area contributed by atoms with E-state index >= 15 is 0 Å². The fraction of sp³-hybridized carbons (Fsp3) is 0.500. The Labute approximate surface area is 90.0 Å². The lowest BCUT2D eigenvalue weighted by molar-refractivity contribution is 0.196. The van der Waals surface area contributed by atoms with E-state index in [0.717, 1.165) is 24.2 Å². The third kappa shape index (κ3) is 2.13. The number of β-amino-alcohol motifs (C(OH)–C–C–N with tert-alkyl or cyclic N) is 1. The van der Waals surface area contributed by atoms with E-state index in [-0.39, 0.29) is 6.10 Å². The van der Waals surface area contributed by atoms with Crippen molar-refractivity contribution in [2.45, 2.75) is 25.6 Å². The van der Waals surface area contributed by atoms with E-state index in [0.29, 0.717) is 6.54 Å². The highest BCUT2D eigenvalue weighted by atomic mass is 16.3. The van der Waals surface area contributed by atoms with Crippen molar-refractivity contribution in [2.75, 3.05) is 18.0 Å². The summed E-state index contributed by atoms with van der Waals surface area (Å²) in [5.41, 5.74) is 1.98. The fourth-order valence-corrected chi connectivity index (χ4v) is 2.09. The van der Waals surface area contributed by atoms with Crippen LogP contribution in [0.3, 0.4) is 0 Å². The van der Waals surface area contributed by atoms with E-state index in [9.17, 15) is 10.2 Å². The number of hydrogen-bond donors (Lipinski definition) is 2. The molecule has 1 aromatic rings. The fourth-order valence-electron chi connectivity index (χ4n) is 2.09. The molecule has 3 heteroatoms. The Morgan fingerprint density at radius 1 is 1.40 bits per heavy atom. The molecule has 1 saturated heterocycles. The van der Waals surface area contributed by atoms with Crippen molar-refractivity contribution in [1.29, 1.82) is 0 Å². The zero-order chi connectivity index (χ0) is 10.8. The number of nitrogens with zero attached hydrogens (tertiary/aromatic N) is 1. The predicted octanol–water partition coefficient (Wildman–Crippen LogP) is 1.31. The summed E-state index contributed by atoms with van der Waals surface area (Å²) in [4.78, 5) is 2.13. The number of hydrogen-bond acceptors (Lipinski definition) is 3. The summed E-state index contributed by atoms with van der Waals surface area (Å²) in [6, 6.07) is 7.83. The monoisotopic (exact) mass is 207 g/mol. The van der Waals surface area contributed by atoms with Gasteiger partial charge in [0.1, 0.15) is 0 Å². The number of aliphatic hydroxyl groups excluding tert-OH is 2. The smallest absolute Gasteiger partial charge is 0.0781 e. The van der Waals surface area contributed by atoms with Gasteiger partial charge in [0, 0.05) is 24.3 Å². The summed E-state index contributed by atoms with van der Waals surface area (Å²) in [7, 11) is 0. The van der Waals surface area contributed by atoms with E-state index in [1.54, 1.807) is 6.92 Å². The van der Waals surface area contributed by atoms with Crippen LogP contribution in [0.1, 0.15) is 25.0 Å². The van der Waals surface area contributed by atoms with Gasteiger partial charge in [0.05, 0.1) is 12.2 Å². The van der Waals surface area contributed by atoms with E-state index in [1.807, 2.05) is 24.3 Å². The predicted molar refractivity (Wildman–Crippen MR) is 59.9 cm³/mol. The lowest BCUT2D eigenvalue weighted by atomic mass is 10.1. The van der Waals surface area contributed by atoms with E-state index in [2.05, 4.69) is 4.90 Å². The molecule has 1 aliphatic heterocycles. The lowest BCUT2D eigenvalue weighted by Crippen LogP contribution is -2.22. The quantitative estimate of drug-likeness (QED) is 0.768. The number of anilines is 1. The van der Waals surface area contributed by atoms with Gasteiger partial charge < -0.3 is 15.1 Å². The first-order valence-corrected chi connectivity index (χ1v) is 5.38. The molecule has 0 aliphatic carbocycles. The van der Waals surface area contributed by atoms with E-state index in [1.165, 1.54) is 0 Å². The topological polar surface area (TPSA) is 43.7 Å². The summed E-state index contributed by atoms with van der Waals surface area (Å²) >= 11 is 0. The normalized spacial score (nSPS) is 23.1. The average molecular weight is 207 g/mol. The molecule has 2 rings (SSSR count). The molecule has 1 fully saturated rings. The van der Waals surface area contributed by atoms with Crippen molar-refractivity contribution in [3.63, 3.8) is 0 Å². The molecule has 2 N–H and O–H groups in total. The van der Waals surface area contributed by atoms with Gasteiger partial charge in [-0.2, -0.15) is 0 Å². The van der Waals surface area contributed by atoms with Crippen LogP contribution in [0.4, 0.5) is 5.69 Å². The first-order chi connectivity index (χ1) is 7.18. The summed E-state index contributed by atoms with van der Waals surface area (Å²) in [5.74, 6) is 0. The minimum atomic E-state index is -0.459. The maximum atomic E-state index is 9.64. The molecule has 15 heavy (non-hydrogen) atoms. The van der Waals surface area contributed by atoms with Crippen molar-refractivity contribution < 1.29 is 10.2 Å². The number of aliphatic hydroxyl groups is 2. The second kappa shape index (κ2) is 4.21. The number of benzene rings is 1. The molecule has 3 nitrogen and oxygen atoms in total. The molecule has 1 aromatic carbocycles. The lowest BCUT2D eigenvalue weighted by Gasteiger charge is -2.22. The van der Waals surface area contributed by atoms with Gasteiger partial charge in [-0.1, -0.05) is 18.2 Å². The third-order valence-electron chi connectivity index (χ3n) is 2.89. The van der Waals surface area contributed by atoms with Gasteiger partial charge in [-0.15, -0.1) is 0 Å². The molecule has 82 valence electrons. The highest BCUT2D eigenvalue weighted by Gasteiger charge is 2.22. The zero-order valence-electron chi connectivity index (χ0n) is 8.93. The first kappa shape index (κ1) is 10.5. The SMILES string of the molecule is C[C@H](O)c1ccccc1N1CCC(O)C1. The van der Waals surface area contributed by atoms with Crippen molar-refractivity contribution >= 4 is 5.69 Å². The van der Waals surface area contributed by atoms with Crippen molar-refractivity contribution in [2.24, 2.45) is 0 Å². The van der Waals surface area contributed by atoms with Crippen LogP contribution in [0.5, 0.6) is 0 Å². The molecule has 0 amide bonds. The zero-order valence-corrected chi connectivity index (χ0v) is 8.93.